The molecule has 0 spiro atoms. The third-order valence-electron chi connectivity index (χ3n) is 6.39. The van der Waals surface area contributed by atoms with Gasteiger partial charge in [0.25, 0.3) is 0 Å². The Labute approximate surface area is 184 Å². The first-order valence-electron chi connectivity index (χ1n) is 11.4. The van der Waals surface area contributed by atoms with E-state index < -0.39 is 0 Å². The van der Waals surface area contributed by atoms with Crippen LogP contribution in [0.15, 0.2) is 30.3 Å². The molecule has 4 heterocycles. The second-order valence-corrected chi connectivity index (χ2v) is 8.30. The minimum atomic E-state index is 0.751. The van der Waals surface area contributed by atoms with Crippen LogP contribution in [0.4, 0.5) is 23.3 Å². The number of aromatic nitrogens is 2. The Kier molecular flexibility index (Phi) is 6.08. The zero-order valence-corrected chi connectivity index (χ0v) is 18.4. The van der Waals surface area contributed by atoms with Gasteiger partial charge in [0.1, 0.15) is 11.6 Å². The largest absolute Gasteiger partial charge is 0.378 e. The highest BCUT2D eigenvalue weighted by Crippen LogP contribution is 2.31. The predicted octanol–water partition coefficient (Wildman–Crippen LogP) is 1.78. The van der Waals surface area contributed by atoms with Crippen LogP contribution in [0.25, 0.3) is 0 Å². The SMILES string of the molecule is Cc1c(N2CCOCC2)nc(N2CCN(c3ccccc3)CC2)nc1N1CCOCC1. The van der Waals surface area contributed by atoms with Crippen molar-refractivity contribution in [1.29, 1.82) is 0 Å². The van der Waals surface area contributed by atoms with Gasteiger partial charge in [0, 0.05) is 63.6 Å². The van der Waals surface area contributed by atoms with Crippen LogP contribution in [0.3, 0.4) is 0 Å². The van der Waals surface area contributed by atoms with Crippen molar-refractivity contribution >= 4 is 23.3 Å². The maximum Gasteiger partial charge on any atom is 0.229 e. The first kappa shape index (κ1) is 20.3. The Morgan fingerprint density at radius 3 is 1.61 bits per heavy atom. The molecule has 0 bridgehead atoms. The smallest absolute Gasteiger partial charge is 0.229 e. The molecule has 0 radical (unpaired) electrons. The Bertz CT molecular complexity index is 821. The maximum absolute atomic E-state index is 5.58. The van der Waals surface area contributed by atoms with Gasteiger partial charge in [-0.15, -0.1) is 0 Å². The van der Waals surface area contributed by atoms with Gasteiger partial charge in [-0.05, 0) is 19.1 Å². The van der Waals surface area contributed by atoms with Gasteiger partial charge in [-0.25, -0.2) is 0 Å². The molecule has 0 saturated carbocycles. The van der Waals surface area contributed by atoms with Gasteiger partial charge in [-0.2, -0.15) is 9.97 Å². The summed E-state index contributed by atoms with van der Waals surface area (Å²) in [6.07, 6.45) is 0. The minimum Gasteiger partial charge on any atom is -0.378 e. The molecule has 3 aliphatic rings. The lowest BCUT2D eigenvalue weighted by Gasteiger charge is -2.38. The van der Waals surface area contributed by atoms with Gasteiger partial charge in [0.2, 0.25) is 5.95 Å². The Morgan fingerprint density at radius 2 is 1.10 bits per heavy atom. The minimum absolute atomic E-state index is 0.751. The molecule has 0 N–H and O–H groups in total. The molecule has 31 heavy (non-hydrogen) atoms. The average molecular weight is 425 g/mol. The third kappa shape index (κ3) is 4.41. The van der Waals surface area contributed by atoms with Crippen LogP contribution in [0.2, 0.25) is 0 Å². The van der Waals surface area contributed by atoms with E-state index in [1.807, 2.05) is 0 Å². The molecule has 0 amide bonds. The fourth-order valence-electron chi connectivity index (χ4n) is 4.59. The summed E-state index contributed by atoms with van der Waals surface area (Å²) in [5.74, 6) is 2.96. The van der Waals surface area contributed by atoms with E-state index in [2.05, 4.69) is 56.9 Å². The van der Waals surface area contributed by atoms with E-state index in [1.54, 1.807) is 0 Å². The van der Waals surface area contributed by atoms with E-state index in [9.17, 15) is 0 Å². The number of anilines is 4. The van der Waals surface area contributed by atoms with Gasteiger partial charge in [0.05, 0.1) is 26.4 Å². The number of ether oxygens (including phenoxy) is 2. The lowest BCUT2D eigenvalue weighted by Crippen LogP contribution is -2.47. The fraction of sp³-hybridized carbons (Fsp3) is 0.565. The standard InChI is InChI=1S/C23H32N6O2/c1-19-21(27-11-15-30-16-12-27)24-23(25-22(19)28-13-17-31-18-14-28)29-9-7-26(8-10-29)20-5-3-2-4-6-20/h2-6H,7-18H2,1H3. The summed E-state index contributed by atoms with van der Waals surface area (Å²) in [5, 5.41) is 0. The molecule has 1 aromatic carbocycles. The van der Waals surface area contributed by atoms with Crippen LogP contribution in [0, 0.1) is 6.92 Å². The highest BCUT2D eigenvalue weighted by atomic mass is 16.5. The molecule has 0 aliphatic carbocycles. The van der Waals surface area contributed by atoms with Crippen LogP contribution in [0.5, 0.6) is 0 Å². The van der Waals surface area contributed by atoms with Crippen molar-refractivity contribution in [2.24, 2.45) is 0 Å². The van der Waals surface area contributed by atoms with E-state index in [0.717, 1.165) is 102 Å². The summed E-state index contributed by atoms with van der Waals surface area (Å²) in [6.45, 7) is 12.5. The van der Waals surface area contributed by atoms with E-state index in [4.69, 9.17) is 19.4 Å². The van der Waals surface area contributed by atoms with Crippen LogP contribution in [-0.2, 0) is 9.47 Å². The maximum atomic E-state index is 5.58. The van der Waals surface area contributed by atoms with E-state index in [1.165, 1.54) is 5.69 Å². The Balaban J connectivity index is 1.41. The van der Waals surface area contributed by atoms with Crippen molar-refractivity contribution in [3.63, 3.8) is 0 Å². The lowest BCUT2D eigenvalue weighted by atomic mass is 10.2. The van der Waals surface area contributed by atoms with Gasteiger partial charge < -0.3 is 29.1 Å². The molecule has 3 aliphatic heterocycles. The lowest BCUT2D eigenvalue weighted by molar-refractivity contribution is 0.121. The van der Waals surface area contributed by atoms with Crippen molar-refractivity contribution in [3.05, 3.63) is 35.9 Å². The molecule has 2 aromatic rings. The van der Waals surface area contributed by atoms with Gasteiger partial charge in [0.15, 0.2) is 0 Å². The molecule has 0 atom stereocenters. The topological polar surface area (TPSA) is 57.2 Å². The number of hydrogen-bond acceptors (Lipinski definition) is 8. The van der Waals surface area contributed by atoms with Crippen LogP contribution in [-0.4, -0.2) is 88.8 Å². The molecule has 166 valence electrons. The average Bonchev–Trinajstić information content (AvgIpc) is 2.86. The van der Waals surface area contributed by atoms with E-state index in [-0.39, 0.29) is 0 Å². The molecule has 3 saturated heterocycles. The fourth-order valence-corrected chi connectivity index (χ4v) is 4.59. The van der Waals surface area contributed by atoms with Crippen molar-refractivity contribution in [2.75, 3.05) is 98.4 Å². The summed E-state index contributed by atoms with van der Waals surface area (Å²) < 4.78 is 11.2. The summed E-state index contributed by atoms with van der Waals surface area (Å²) in [7, 11) is 0. The first-order valence-corrected chi connectivity index (χ1v) is 11.4. The van der Waals surface area contributed by atoms with Crippen LogP contribution >= 0.6 is 0 Å². The number of piperazine rings is 1. The molecule has 5 rings (SSSR count). The zero-order valence-electron chi connectivity index (χ0n) is 18.4. The normalized spacial score (nSPS) is 20.3. The highest BCUT2D eigenvalue weighted by molar-refractivity contribution is 5.63. The predicted molar refractivity (Wildman–Crippen MR) is 124 cm³/mol. The zero-order chi connectivity index (χ0) is 21.0. The summed E-state index contributed by atoms with van der Waals surface area (Å²) in [5.41, 5.74) is 2.45. The molecular formula is C23H32N6O2. The first-order chi connectivity index (χ1) is 15.3. The number of morpholine rings is 2. The Morgan fingerprint density at radius 1 is 0.613 bits per heavy atom. The van der Waals surface area contributed by atoms with E-state index in [0.29, 0.717) is 0 Å². The van der Waals surface area contributed by atoms with Crippen LogP contribution < -0.4 is 19.6 Å². The second kappa shape index (κ2) is 9.28. The molecule has 8 heteroatoms. The van der Waals surface area contributed by atoms with Crippen molar-refractivity contribution < 1.29 is 9.47 Å². The molecule has 1 aromatic heterocycles. The molecular weight excluding hydrogens is 392 g/mol. The number of hydrogen-bond donors (Lipinski definition) is 0. The number of benzene rings is 1. The van der Waals surface area contributed by atoms with Crippen molar-refractivity contribution in [3.8, 4) is 0 Å². The molecule has 0 unspecified atom stereocenters. The van der Waals surface area contributed by atoms with Gasteiger partial charge >= 0.3 is 0 Å². The van der Waals surface area contributed by atoms with Crippen LogP contribution in [0.1, 0.15) is 5.56 Å². The number of para-hydroxylation sites is 1. The van der Waals surface area contributed by atoms with E-state index >= 15 is 0 Å². The van der Waals surface area contributed by atoms with Gasteiger partial charge in [-0.3, -0.25) is 0 Å². The summed E-state index contributed by atoms with van der Waals surface area (Å²) in [4.78, 5) is 19.7. The van der Waals surface area contributed by atoms with Gasteiger partial charge in [-0.1, -0.05) is 18.2 Å². The van der Waals surface area contributed by atoms with Crippen molar-refractivity contribution in [2.45, 2.75) is 6.92 Å². The van der Waals surface area contributed by atoms with Crippen molar-refractivity contribution in [1.82, 2.24) is 9.97 Å². The number of nitrogens with zero attached hydrogens (tertiary/aromatic N) is 6. The highest BCUT2D eigenvalue weighted by Gasteiger charge is 2.26. The number of rotatable bonds is 4. The summed E-state index contributed by atoms with van der Waals surface area (Å²) >= 11 is 0. The summed E-state index contributed by atoms with van der Waals surface area (Å²) in [6, 6.07) is 10.7. The molecule has 8 nitrogen and oxygen atoms in total. The molecule has 3 fully saturated rings. The second-order valence-electron chi connectivity index (χ2n) is 8.30. The Hall–Kier alpha value is -2.58. The monoisotopic (exact) mass is 424 g/mol. The third-order valence-corrected chi connectivity index (χ3v) is 6.39. The quantitative estimate of drug-likeness (QED) is 0.736.